The number of fused-ring (bicyclic) bond motifs is 1. The quantitative estimate of drug-likeness (QED) is 0.593. The van der Waals surface area contributed by atoms with Gasteiger partial charge in [0.25, 0.3) is 0 Å². The Morgan fingerprint density at radius 2 is 2.40 bits per heavy atom. The molecular weight excluding hydrogens is 220 g/mol. The van der Waals surface area contributed by atoms with Crippen LogP contribution in [-0.2, 0) is 4.74 Å². The van der Waals surface area contributed by atoms with Crippen LogP contribution in [0.1, 0.15) is 10.6 Å². The van der Waals surface area contributed by atoms with Gasteiger partial charge in [-0.1, -0.05) is 11.6 Å². The van der Waals surface area contributed by atoms with Crippen LogP contribution in [0.25, 0.3) is 11.0 Å². The Labute approximate surface area is 89.8 Å². The predicted molar refractivity (Wildman–Crippen MR) is 54.8 cm³/mol. The number of nitrogen functional groups attached to an aromatic ring is 1. The van der Waals surface area contributed by atoms with Gasteiger partial charge in [0.2, 0.25) is 5.76 Å². The van der Waals surface area contributed by atoms with E-state index in [1.54, 1.807) is 0 Å². The Bertz CT molecular complexity index is 535. The van der Waals surface area contributed by atoms with Gasteiger partial charge in [0.1, 0.15) is 5.15 Å². The van der Waals surface area contributed by atoms with Gasteiger partial charge in [-0.15, -0.1) is 0 Å². The normalized spacial score (nSPS) is 10.5. The highest BCUT2D eigenvalue weighted by molar-refractivity contribution is 6.30. The van der Waals surface area contributed by atoms with Crippen LogP contribution < -0.4 is 5.73 Å². The Hall–Kier alpha value is -1.75. The SMILES string of the molecule is COC(=O)c1oc2cnc(Cl)cc2c1N. The number of carbonyl (C=O) groups excluding carboxylic acids is 1. The molecule has 0 atom stereocenters. The number of nitrogens with zero attached hydrogens (tertiary/aromatic N) is 1. The molecule has 0 spiro atoms. The Morgan fingerprint density at radius 1 is 1.67 bits per heavy atom. The van der Waals surface area contributed by atoms with E-state index in [1.807, 2.05) is 0 Å². The molecule has 2 rings (SSSR count). The van der Waals surface area contributed by atoms with Gasteiger partial charge in [-0.25, -0.2) is 9.78 Å². The fraction of sp³-hybridized carbons (Fsp3) is 0.111. The maximum Gasteiger partial charge on any atom is 0.376 e. The number of esters is 1. The van der Waals surface area contributed by atoms with E-state index in [0.717, 1.165) is 0 Å². The van der Waals surface area contributed by atoms with Gasteiger partial charge >= 0.3 is 5.97 Å². The lowest BCUT2D eigenvalue weighted by Crippen LogP contribution is -2.02. The summed E-state index contributed by atoms with van der Waals surface area (Å²) in [7, 11) is 1.25. The predicted octanol–water partition coefficient (Wildman–Crippen LogP) is 1.85. The van der Waals surface area contributed by atoms with Crippen LogP contribution in [0.3, 0.4) is 0 Å². The van der Waals surface area contributed by atoms with Crippen molar-refractivity contribution in [3.63, 3.8) is 0 Å². The van der Waals surface area contributed by atoms with Crippen molar-refractivity contribution in [1.29, 1.82) is 0 Å². The molecule has 0 radical (unpaired) electrons. The zero-order valence-electron chi connectivity index (χ0n) is 7.78. The molecule has 0 saturated heterocycles. The Kier molecular flexibility index (Phi) is 2.24. The van der Waals surface area contributed by atoms with E-state index >= 15 is 0 Å². The number of halogens is 1. The molecule has 78 valence electrons. The minimum atomic E-state index is -0.625. The number of aromatic nitrogens is 1. The van der Waals surface area contributed by atoms with Crippen LogP contribution in [-0.4, -0.2) is 18.1 Å². The minimum Gasteiger partial charge on any atom is -0.463 e. The second-order valence-corrected chi connectivity index (χ2v) is 3.23. The third kappa shape index (κ3) is 1.50. The summed E-state index contributed by atoms with van der Waals surface area (Å²) in [6.07, 6.45) is 1.40. The summed E-state index contributed by atoms with van der Waals surface area (Å²) in [5.74, 6) is -0.656. The van der Waals surface area contributed by atoms with Crippen molar-refractivity contribution in [2.45, 2.75) is 0 Å². The third-order valence-corrected chi connectivity index (χ3v) is 2.16. The Balaban J connectivity index is 2.69. The van der Waals surface area contributed by atoms with Crippen molar-refractivity contribution in [3.05, 3.63) is 23.2 Å². The fourth-order valence-corrected chi connectivity index (χ4v) is 1.40. The molecule has 0 aromatic carbocycles. The highest BCUT2D eigenvalue weighted by Gasteiger charge is 2.19. The third-order valence-electron chi connectivity index (χ3n) is 1.95. The van der Waals surface area contributed by atoms with E-state index in [0.29, 0.717) is 11.0 Å². The van der Waals surface area contributed by atoms with Gasteiger partial charge in [-0.2, -0.15) is 0 Å². The van der Waals surface area contributed by atoms with E-state index in [-0.39, 0.29) is 16.6 Å². The molecule has 6 heteroatoms. The standard InChI is InChI=1S/C9H7ClN2O3/c1-14-9(13)8-7(11)4-2-6(10)12-3-5(4)15-8/h2-3H,11H2,1H3. The highest BCUT2D eigenvalue weighted by atomic mass is 35.5. The summed E-state index contributed by atoms with van der Waals surface area (Å²) in [6, 6.07) is 1.53. The molecule has 0 aliphatic rings. The van der Waals surface area contributed by atoms with Gasteiger partial charge in [0, 0.05) is 5.39 Å². The van der Waals surface area contributed by atoms with Crippen molar-refractivity contribution in [2.75, 3.05) is 12.8 Å². The van der Waals surface area contributed by atoms with Crippen LogP contribution in [0.15, 0.2) is 16.7 Å². The molecule has 2 aromatic heterocycles. The van der Waals surface area contributed by atoms with Crippen LogP contribution >= 0.6 is 11.6 Å². The first-order valence-corrected chi connectivity index (χ1v) is 4.43. The second kappa shape index (κ2) is 3.43. The maximum absolute atomic E-state index is 11.2. The zero-order valence-corrected chi connectivity index (χ0v) is 8.54. The maximum atomic E-state index is 11.2. The molecule has 0 amide bonds. The lowest BCUT2D eigenvalue weighted by molar-refractivity contribution is 0.0569. The number of rotatable bonds is 1. The number of ether oxygens (including phenoxy) is 1. The number of pyridine rings is 1. The van der Waals surface area contributed by atoms with Crippen LogP contribution in [0, 0.1) is 0 Å². The van der Waals surface area contributed by atoms with E-state index in [9.17, 15) is 4.79 Å². The highest BCUT2D eigenvalue weighted by Crippen LogP contribution is 2.29. The molecule has 2 N–H and O–H groups in total. The van der Waals surface area contributed by atoms with Crippen molar-refractivity contribution in [3.8, 4) is 0 Å². The second-order valence-electron chi connectivity index (χ2n) is 2.84. The van der Waals surface area contributed by atoms with Crippen molar-refractivity contribution < 1.29 is 13.9 Å². The van der Waals surface area contributed by atoms with Crippen LogP contribution in [0.5, 0.6) is 0 Å². The van der Waals surface area contributed by atoms with Gasteiger partial charge in [0.15, 0.2) is 5.58 Å². The summed E-state index contributed by atoms with van der Waals surface area (Å²) >= 11 is 5.69. The molecule has 2 heterocycles. The largest absolute Gasteiger partial charge is 0.463 e. The smallest absolute Gasteiger partial charge is 0.376 e. The summed E-state index contributed by atoms with van der Waals surface area (Å²) in [5.41, 5.74) is 6.31. The first-order valence-electron chi connectivity index (χ1n) is 4.05. The number of hydrogen-bond donors (Lipinski definition) is 1. The van der Waals surface area contributed by atoms with Crippen molar-refractivity contribution >= 4 is 34.2 Å². The summed E-state index contributed by atoms with van der Waals surface area (Å²) in [5, 5.41) is 0.835. The zero-order chi connectivity index (χ0) is 11.0. The molecule has 0 fully saturated rings. The summed E-state index contributed by atoms with van der Waals surface area (Å²) < 4.78 is 9.70. The number of anilines is 1. The van der Waals surface area contributed by atoms with E-state index in [4.69, 9.17) is 21.8 Å². The first-order chi connectivity index (χ1) is 7.13. The van der Waals surface area contributed by atoms with E-state index < -0.39 is 5.97 Å². The summed E-state index contributed by atoms with van der Waals surface area (Å²) in [6.45, 7) is 0. The molecule has 15 heavy (non-hydrogen) atoms. The average Bonchev–Trinajstić information content (AvgIpc) is 2.55. The van der Waals surface area contributed by atoms with E-state index in [1.165, 1.54) is 19.4 Å². The summed E-state index contributed by atoms with van der Waals surface area (Å²) in [4.78, 5) is 15.1. The molecular formula is C9H7ClN2O3. The molecule has 2 aromatic rings. The molecule has 0 bridgehead atoms. The fourth-order valence-electron chi connectivity index (χ4n) is 1.24. The van der Waals surface area contributed by atoms with Gasteiger partial charge in [0.05, 0.1) is 19.0 Å². The number of carbonyl (C=O) groups is 1. The number of hydrogen-bond acceptors (Lipinski definition) is 5. The lowest BCUT2D eigenvalue weighted by atomic mass is 10.2. The van der Waals surface area contributed by atoms with Crippen molar-refractivity contribution in [2.24, 2.45) is 0 Å². The Morgan fingerprint density at radius 3 is 3.07 bits per heavy atom. The molecule has 0 saturated carbocycles. The number of furan rings is 1. The van der Waals surface area contributed by atoms with Crippen LogP contribution in [0.2, 0.25) is 5.15 Å². The van der Waals surface area contributed by atoms with E-state index in [2.05, 4.69) is 9.72 Å². The minimum absolute atomic E-state index is 0.0310. The molecule has 0 aliphatic carbocycles. The number of nitrogens with two attached hydrogens (primary N) is 1. The van der Waals surface area contributed by atoms with Gasteiger partial charge < -0.3 is 14.9 Å². The number of methoxy groups -OCH3 is 1. The molecule has 0 aliphatic heterocycles. The molecule has 5 nitrogen and oxygen atoms in total. The topological polar surface area (TPSA) is 78.3 Å². The van der Waals surface area contributed by atoms with Crippen molar-refractivity contribution in [1.82, 2.24) is 4.98 Å². The van der Waals surface area contributed by atoms with Gasteiger partial charge in [-0.05, 0) is 6.07 Å². The van der Waals surface area contributed by atoms with Gasteiger partial charge in [-0.3, -0.25) is 0 Å². The molecule has 0 unspecified atom stereocenters. The van der Waals surface area contributed by atoms with Crippen LogP contribution in [0.4, 0.5) is 5.69 Å². The monoisotopic (exact) mass is 226 g/mol. The lowest BCUT2D eigenvalue weighted by Gasteiger charge is -1.94. The first kappa shape index (κ1) is 9.79. The average molecular weight is 227 g/mol.